The SMILES string of the molecule is c1ccc(-c2cccc(C3CCc4ccc(-c5ccc6c(c5)c5ccccc5n6-c5cccc(-c6ccccc6)c5)cc4-c4ccccc43)c2)cc1. The van der Waals surface area contributed by atoms with Crippen LogP contribution in [-0.4, -0.2) is 4.57 Å². The van der Waals surface area contributed by atoms with Crippen LogP contribution in [0.25, 0.3) is 72.0 Å². The molecule has 8 aromatic carbocycles. The van der Waals surface area contributed by atoms with Gasteiger partial charge >= 0.3 is 0 Å². The Labute approximate surface area is 305 Å². The normalized spacial score (nSPS) is 13.8. The van der Waals surface area contributed by atoms with Crippen LogP contribution in [-0.2, 0) is 6.42 Å². The van der Waals surface area contributed by atoms with Gasteiger partial charge in [0.1, 0.15) is 0 Å². The molecule has 1 heterocycles. The molecular weight excluding hydrogens is 627 g/mol. The third-order valence-corrected chi connectivity index (χ3v) is 11.1. The standard InChI is InChI=1S/C51H37N/c1-3-13-35(14-4-1)38-17-11-19-42(31-38)44-29-27-37-25-26-40(33-48(37)46-22-8-7-21-45(44)46)41-28-30-51-49(34-41)47-23-9-10-24-50(47)52(51)43-20-12-18-39(32-43)36-15-5-2-6-16-36/h1-26,28,30-34,44H,27,29H2. The van der Waals surface area contributed by atoms with Crippen LogP contribution in [0.3, 0.4) is 0 Å². The van der Waals surface area contributed by atoms with Crippen molar-refractivity contribution in [3.63, 3.8) is 0 Å². The van der Waals surface area contributed by atoms with Crippen molar-refractivity contribution >= 4 is 21.8 Å². The van der Waals surface area contributed by atoms with Crippen molar-refractivity contribution in [3.8, 4) is 50.2 Å². The molecule has 1 atom stereocenters. The van der Waals surface area contributed by atoms with Gasteiger partial charge < -0.3 is 4.57 Å². The zero-order valence-electron chi connectivity index (χ0n) is 28.9. The molecular formula is C51H37N. The molecule has 10 rings (SSSR count). The van der Waals surface area contributed by atoms with E-state index in [0.717, 1.165) is 12.8 Å². The molecule has 1 aliphatic carbocycles. The Morgan fingerprint density at radius 1 is 0.385 bits per heavy atom. The number of nitrogens with zero attached hydrogens (tertiary/aromatic N) is 1. The van der Waals surface area contributed by atoms with Crippen LogP contribution in [0, 0.1) is 0 Å². The first-order valence-electron chi connectivity index (χ1n) is 18.4. The lowest BCUT2D eigenvalue weighted by molar-refractivity contribution is 0.726. The number of fused-ring (bicyclic) bond motifs is 6. The van der Waals surface area contributed by atoms with Crippen molar-refractivity contribution in [2.75, 3.05) is 0 Å². The summed E-state index contributed by atoms with van der Waals surface area (Å²) in [5.74, 6) is 0.332. The maximum atomic E-state index is 2.45. The first-order chi connectivity index (χ1) is 25.8. The van der Waals surface area contributed by atoms with Crippen molar-refractivity contribution in [1.29, 1.82) is 0 Å². The zero-order valence-corrected chi connectivity index (χ0v) is 28.9. The van der Waals surface area contributed by atoms with E-state index >= 15 is 0 Å². The fourth-order valence-electron chi connectivity index (χ4n) is 8.52. The summed E-state index contributed by atoms with van der Waals surface area (Å²) in [5, 5.41) is 2.54. The van der Waals surface area contributed by atoms with Crippen LogP contribution in [0.2, 0.25) is 0 Å². The van der Waals surface area contributed by atoms with Crippen LogP contribution in [0.5, 0.6) is 0 Å². The lowest BCUT2D eigenvalue weighted by Crippen LogP contribution is -2.02. The quantitative estimate of drug-likeness (QED) is 0.173. The lowest BCUT2D eigenvalue weighted by atomic mass is 9.84. The largest absolute Gasteiger partial charge is 0.309 e. The molecule has 0 fully saturated rings. The van der Waals surface area contributed by atoms with Crippen LogP contribution in [0.1, 0.15) is 29.0 Å². The summed E-state index contributed by atoms with van der Waals surface area (Å²) in [5.41, 5.74) is 18.0. The van der Waals surface area contributed by atoms with E-state index in [0.29, 0.717) is 5.92 Å². The summed E-state index contributed by atoms with van der Waals surface area (Å²) in [6.07, 6.45) is 2.12. The minimum Gasteiger partial charge on any atom is -0.309 e. The summed E-state index contributed by atoms with van der Waals surface area (Å²) >= 11 is 0. The van der Waals surface area contributed by atoms with E-state index in [1.54, 1.807) is 0 Å². The molecule has 0 amide bonds. The van der Waals surface area contributed by atoms with Gasteiger partial charge in [0.05, 0.1) is 11.0 Å². The Kier molecular flexibility index (Phi) is 7.43. The molecule has 0 spiro atoms. The van der Waals surface area contributed by atoms with Crippen molar-refractivity contribution in [2.24, 2.45) is 0 Å². The average molecular weight is 664 g/mol. The molecule has 0 aliphatic heterocycles. The molecule has 0 saturated carbocycles. The maximum Gasteiger partial charge on any atom is 0.0541 e. The number of hydrogen-bond acceptors (Lipinski definition) is 0. The second-order valence-corrected chi connectivity index (χ2v) is 14.0. The van der Waals surface area contributed by atoms with Crippen LogP contribution >= 0.6 is 0 Å². The molecule has 1 aromatic heterocycles. The second-order valence-electron chi connectivity index (χ2n) is 14.0. The zero-order chi connectivity index (χ0) is 34.4. The van der Waals surface area contributed by atoms with E-state index in [1.807, 2.05) is 0 Å². The Morgan fingerprint density at radius 3 is 1.83 bits per heavy atom. The number of aryl methyl sites for hydroxylation is 1. The molecule has 1 nitrogen and oxygen atoms in total. The minimum absolute atomic E-state index is 0.332. The van der Waals surface area contributed by atoms with Gasteiger partial charge in [-0.05, 0) is 110 Å². The number of benzene rings is 8. The molecule has 9 aromatic rings. The highest BCUT2D eigenvalue weighted by atomic mass is 15.0. The molecule has 1 unspecified atom stereocenters. The Balaban J connectivity index is 1.06. The molecule has 0 bridgehead atoms. The average Bonchev–Trinajstić information content (AvgIpc) is 3.46. The molecule has 1 heteroatoms. The van der Waals surface area contributed by atoms with E-state index in [-0.39, 0.29) is 0 Å². The highest BCUT2D eigenvalue weighted by molar-refractivity contribution is 6.10. The molecule has 1 aliphatic rings. The third-order valence-electron chi connectivity index (χ3n) is 11.1. The fourth-order valence-corrected chi connectivity index (χ4v) is 8.52. The van der Waals surface area contributed by atoms with Gasteiger partial charge in [0.15, 0.2) is 0 Å². The van der Waals surface area contributed by atoms with E-state index < -0.39 is 0 Å². The van der Waals surface area contributed by atoms with Gasteiger partial charge in [0.25, 0.3) is 0 Å². The highest BCUT2D eigenvalue weighted by Gasteiger charge is 2.24. The Morgan fingerprint density at radius 2 is 1.00 bits per heavy atom. The summed E-state index contributed by atoms with van der Waals surface area (Å²) in [6.45, 7) is 0. The van der Waals surface area contributed by atoms with E-state index in [1.165, 1.54) is 88.7 Å². The van der Waals surface area contributed by atoms with E-state index in [9.17, 15) is 0 Å². The fraction of sp³-hybridized carbons (Fsp3) is 0.0588. The van der Waals surface area contributed by atoms with Crippen molar-refractivity contribution in [3.05, 3.63) is 211 Å². The first-order valence-corrected chi connectivity index (χ1v) is 18.4. The van der Waals surface area contributed by atoms with Gasteiger partial charge in [0, 0.05) is 22.4 Å². The molecule has 52 heavy (non-hydrogen) atoms. The van der Waals surface area contributed by atoms with E-state index in [2.05, 4.69) is 199 Å². The first kappa shape index (κ1) is 30.4. The lowest BCUT2D eigenvalue weighted by Gasteiger charge is -2.19. The van der Waals surface area contributed by atoms with Gasteiger partial charge in [0.2, 0.25) is 0 Å². The smallest absolute Gasteiger partial charge is 0.0541 e. The van der Waals surface area contributed by atoms with Gasteiger partial charge in [-0.2, -0.15) is 0 Å². The maximum absolute atomic E-state index is 2.45. The van der Waals surface area contributed by atoms with Gasteiger partial charge in [-0.25, -0.2) is 0 Å². The van der Waals surface area contributed by atoms with Gasteiger partial charge in [-0.1, -0.05) is 158 Å². The number of rotatable bonds is 5. The number of para-hydroxylation sites is 1. The van der Waals surface area contributed by atoms with Gasteiger partial charge in [-0.3, -0.25) is 0 Å². The summed E-state index contributed by atoms with van der Waals surface area (Å²) in [7, 11) is 0. The molecule has 0 N–H and O–H groups in total. The molecule has 0 saturated heterocycles. The predicted octanol–water partition coefficient (Wildman–Crippen LogP) is 13.5. The summed E-state index contributed by atoms with van der Waals surface area (Å²) in [4.78, 5) is 0. The van der Waals surface area contributed by atoms with Crippen LogP contribution < -0.4 is 0 Å². The van der Waals surface area contributed by atoms with E-state index in [4.69, 9.17) is 0 Å². The molecule has 0 radical (unpaired) electrons. The van der Waals surface area contributed by atoms with Gasteiger partial charge in [-0.15, -0.1) is 0 Å². The highest BCUT2D eigenvalue weighted by Crippen LogP contribution is 2.44. The third kappa shape index (κ3) is 5.25. The van der Waals surface area contributed by atoms with Crippen molar-refractivity contribution in [2.45, 2.75) is 18.8 Å². The number of hydrogen-bond donors (Lipinski definition) is 0. The Hall–Kier alpha value is -6.44. The van der Waals surface area contributed by atoms with Crippen molar-refractivity contribution in [1.82, 2.24) is 4.57 Å². The summed E-state index contributed by atoms with van der Waals surface area (Å²) < 4.78 is 2.42. The number of aromatic nitrogens is 1. The van der Waals surface area contributed by atoms with Crippen LogP contribution in [0.4, 0.5) is 0 Å². The molecule has 246 valence electrons. The van der Waals surface area contributed by atoms with Crippen molar-refractivity contribution < 1.29 is 0 Å². The topological polar surface area (TPSA) is 4.93 Å². The summed E-state index contributed by atoms with van der Waals surface area (Å²) in [6, 6.07) is 71.6. The minimum atomic E-state index is 0.332. The predicted molar refractivity (Wildman–Crippen MR) is 219 cm³/mol. The van der Waals surface area contributed by atoms with Crippen LogP contribution in [0.15, 0.2) is 194 Å². The monoisotopic (exact) mass is 663 g/mol. The second kappa shape index (κ2) is 12.7. The Bertz CT molecular complexity index is 2730.